The Kier molecular flexibility index (Phi) is 5.70. The van der Waals surface area contributed by atoms with Crippen LogP contribution in [-0.2, 0) is 10.1 Å². The van der Waals surface area contributed by atoms with Gasteiger partial charge in [0.2, 0.25) is 5.88 Å². The molecule has 6 nitrogen and oxygen atoms in total. The molecule has 0 saturated carbocycles. The van der Waals surface area contributed by atoms with Gasteiger partial charge in [-0.25, -0.2) is 4.98 Å². The van der Waals surface area contributed by atoms with Crippen LogP contribution in [-0.4, -0.2) is 38.2 Å². The minimum absolute atomic E-state index is 0.0666. The van der Waals surface area contributed by atoms with E-state index in [0.29, 0.717) is 11.8 Å². The predicted octanol–water partition coefficient (Wildman–Crippen LogP) is 2.02. The van der Waals surface area contributed by atoms with Gasteiger partial charge in [0.1, 0.15) is 0 Å². The highest BCUT2D eigenvalue weighted by Gasteiger charge is 2.18. The highest BCUT2D eigenvalue weighted by molar-refractivity contribution is 7.85. The minimum Gasteiger partial charge on any atom is -0.481 e. The average Bonchev–Trinajstić information content (AvgIpc) is 2.46. The maximum absolute atomic E-state index is 10.5. The molecule has 1 saturated heterocycles. The van der Waals surface area contributed by atoms with Gasteiger partial charge in [0.15, 0.2) is 0 Å². The van der Waals surface area contributed by atoms with Crippen LogP contribution < -0.4 is 10.1 Å². The van der Waals surface area contributed by atoms with Gasteiger partial charge < -0.3 is 10.1 Å². The van der Waals surface area contributed by atoms with Crippen molar-refractivity contribution in [2.75, 3.05) is 20.2 Å². The summed E-state index contributed by atoms with van der Waals surface area (Å²) < 4.78 is 34.5. The number of methoxy groups -OCH3 is 1. The van der Waals surface area contributed by atoms with Gasteiger partial charge in [-0.3, -0.25) is 4.55 Å². The lowest BCUT2D eigenvalue weighted by Gasteiger charge is -2.27. The zero-order valence-corrected chi connectivity index (χ0v) is 13.9. The third-order valence-electron chi connectivity index (χ3n) is 3.54. The van der Waals surface area contributed by atoms with E-state index in [1.54, 1.807) is 19.2 Å². The summed E-state index contributed by atoms with van der Waals surface area (Å²) >= 11 is 0. The second-order valence-electron chi connectivity index (χ2n) is 5.28. The monoisotopic (exact) mass is 336 g/mol. The maximum Gasteiger partial charge on any atom is 0.294 e. The number of hydrogen-bond donors (Lipinski definition) is 2. The molecule has 1 aromatic carbocycles. The Balaban J connectivity index is 0.000000168. The van der Waals surface area contributed by atoms with Gasteiger partial charge in [-0.15, -0.1) is 0 Å². The fraction of sp³-hybridized carbons (Fsp3) is 0.312. The molecule has 124 valence electrons. The van der Waals surface area contributed by atoms with E-state index >= 15 is 0 Å². The van der Waals surface area contributed by atoms with E-state index in [9.17, 15) is 8.42 Å². The number of nitrogens with zero attached hydrogens (tertiary/aromatic N) is 1. The Morgan fingerprint density at radius 3 is 2.22 bits per heavy atom. The molecule has 0 aliphatic carbocycles. The molecule has 2 aromatic rings. The van der Waals surface area contributed by atoms with Crippen LogP contribution in [0.3, 0.4) is 0 Å². The van der Waals surface area contributed by atoms with Crippen LogP contribution in [0, 0.1) is 6.92 Å². The van der Waals surface area contributed by atoms with Crippen molar-refractivity contribution in [3.05, 3.63) is 53.7 Å². The van der Waals surface area contributed by atoms with Crippen molar-refractivity contribution in [1.29, 1.82) is 0 Å². The fourth-order valence-corrected chi connectivity index (χ4v) is 2.47. The van der Waals surface area contributed by atoms with Crippen molar-refractivity contribution >= 4 is 10.1 Å². The SMILES string of the molecule is COc1ccc(C2CNC2)cn1.Cc1ccc(S(=O)(=O)O)cc1. The number of benzene rings is 1. The van der Waals surface area contributed by atoms with E-state index in [1.165, 1.54) is 17.7 Å². The third kappa shape index (κ3) is 5.02. The van der Waals surface area contributed by atoms with Crippen molar-refractivity contribution in [2.45, 2.75) is 17.7 Å². The summed E-state index contributed by atoms with van der Waals surface area (Å²) in [4.78, 5) is 4.08. The molecule has 2 heterocycles. The van der Waals surface area contributed by atoms with E-state index in [4.69, 9.17) is 9.29 Å². The molecule has 0 radical (unpaired) electrons. The lowest BCUT2D eigenvalue weighted by Crippen LogP contribution is -2.39. The van der Waals surface area contributed by atoms with Crippen LogP contribution in [0.5, 0.6) is 5.88 Å². The molecule has 0 bridgehead atoms. The molecule has 1 aromatic heterocycles. The summed E-state index contributed by atoms with van der Waals surface area (Å²) in [7, 11) is -2.39. The summed E-state index contributed by atoms with van der Waals surface area (Å²) in [6, 6.07) is 9.98. The van der Waals surface area contributed by atoms with Crippen molar-refractivity contribution in [3.8, 4) is 5.88 Å². The molecule has 2 N–H and O–H groups in total. The smallest absolute Gasteiger partial charge is 0.294 e. The standard InChI is InChI=1S/C9H12N2O.C7H8O3S/c1-12-9-3-2-7(6-11-9)8-4-10-5-8;1-6-2-4-7(5-3-6)11(8,9)10/h2-3,6,8,10H,4-5H2,1H3;2-5H,1H3,(H,8,9,10). The van der Waals surface area contributed by atoms with Crippen LogP contribution in [0.4, 0.5) is 0 Å². The summed E-state index contributed by atoms with van der Waals surface area (Å²) in [6.45, 7) is 4.00. The molecular formula is C16H20N2O4S. The summed E-state index contributed by atoms with van der Waals surface area (Å²) in [6.07, 6.45) is 1.89. The minimum atomic E-state index is -4.02. The van der Waals surface area contributed by atoms with E-state index < -0.39 is 10.1 Å². The quantitative estimate of drug-likeness (QED) is 0.834. The van der Waals surface area contributed by atoms with Gasteiger partial charge in [0.25, 0.3) is 10.1 Å². The molecule has 7 heteroatoms. The van der Waals surface area contributed by atoms with E-state index in [-0.39, 0.29) is 4.90 Å². The lowest BCUT2D eigenvalue weighted by atomic mass is 9.95. The van der Waals surface area contributed by atoms with Gasteiger partial charge in [0.05, 0.1) is 12.0 Å². The van der Waals surface area contributed by atoms with Gasteiger partial charge in [-0.05, 0) is 24.6 Å². The zero-order valence-electron chi connectivity index (χ0n) is 13.1. The number of aryl methyl sites for hydroxylation is 1. The molecule has 1 aliphatic rings. The molecule has 0 atom stereocenters. The van der Waals surface area contributed by atoms with Crippen molar-refractivity contribution in [1.82, 2.24) is 10.3 Å². The topological polar surface area (TPSA) is 88.5 Å². The number of rotatable bonds is 3. The predicted molar refractivity (Wildman–Crippen MR) is 87.4 cm³/mol. The zero-order chi connectivity index (χ0) is 16.9. The first kappa shape index (κ1) is 17.4. The Morgan fingerprint density at radius 2 is 1.83 bits per heavy atom. The van der Waals surface area contributed by atoms with Crippen molar-refractivity contribution < 1.29 is 17.7 Å². The van der Waals surface area contributed by atoms with Crippen molar-refractivity contribution in [2.24, 2.45) is 0 Å². The lowest BCUT2D eigenvalue weighted by molar-refractivity contribution is 0.395. The number of nitrogens with one attached hydrogen (secondary N) is 1. The third-order valence-corrected chi connectivity index (χ3v) is 4.41. The molecule has 1 aliphatic heterocycles. The molecule has 0 spiro atoms. The van der Waals surface area contributed by atoms with Crippen LogP contribution >= 0.6 is 0 Å². The average molecular weight is 336 g/mol. The normalized spacial score (nSPS) is 14.4. The number of hydrogen-bond acceptors (Lipinski definition) is 5. The highest BCUT2D eigenvalue weighted by atomic mass is 32.2. The van der Waals surface area contributed by atoms with E-state index in [2.05, 4.69) is 16.4 Å². The van der Waals surface area contributed by atoms with Gasteiger partial charge in [0, 0.05) is 31.3 Å². The van der Waals surface area contributed by atoms with E-state index in [1.807, 2.05) is 19.2 Å². The van der Waals surface area contributed by atoms with Crippen LogP contribution in [0.2, 0.25) is 0 Å². The van der Waals surface area contributed by atoms with Gasteiger partial charge in [-0.2, -0.15) is 8.42 Å². The van der Waals surface area contributed by atoms with E-state index in [0.717, 1.165) is 18.7 Å². The van der Waals surface area contributed by atoms with Crippen LogP contribution in [0.25, 0.3) is 0 Å². The first-order valence-corrected chi connectivity index (χ1v) is 8.59. The van der Waals surface area contributed by atoms with Gasteiger partial charge in [-0.1, -0.05) is 23.8 Å². The first-order valence-electron chi connectivity index (χ1n) is 7.15. The second kappa shape index (κ2) is 7.54. The van der Waals surface area contributed by atoms with Gasteiger partial charge >= 0.3 is 0 Å². The largest absolute Gasteiger partial charge is 0.481 e. The van der Waals surface area contributed by atoms with Crippen LogP contribution in [0.15, 0.2) is 47.5 Å². The second-order valence-corrected chi connectivity index (χ2v) is 6.70. The number of aromatic nitrogens is 1. The molecule has 1 fully saturated rings. The Hall–Kier alpha value is -1.96. The highest BCUT2D eigenvalue weighted by Crippen LogP contribution is 2.19. The van der Waals surface area contributed by atoms with Crippen molar-refractivity contribution in [3.63, 3.8) is 0 Å². The summed E-state index contributed by atoms with van der Waals surface area (Å²) in [5.41, 5.74) is 2.26. The summed E-state index contributed by atoms with van der Waals surface area (Å²) in [5.74, 6) is 1.34. The van der Waals surface area contributed by atoms with Crippen LogP contribution in [0.1, 0.15) is 17.0 Å². The molecule has 23 heavy (non-hydrogen) atoms. The maximum atomic E-state index is 10.5. The molecular weight excluding hydrogens is 316 g/mol. The number of ether oxygens (including phenoxy) is 1. The Bertz CT molecular complexity index is 724. The molecule has 0 unspecified atom stereocenters. The molecule has 0 amide bonds. The molecule has 3 rings (SSSR count). The number of pyridine rings is 1. The summed E-state index contributed by atoms with van der Waals surface area (Å²) in [5, 5.41) is 3.23. The fourth-order valence-electron chi connectivity index (χ4n) is 1.99. The Morgan fingerprint density at radius 1 is 1.17 bits per heavy atom. The first-order chi connectivity index (χ1) is 10.9. The Labute approximate surface area is 136 Å².